The molecule has 1 aromatic carbocycles. The first-order valence-electron chi connectivity index (χ1n) is 9.65. The number of carboxylic acid groups (broad SMARTS) is 1. The number of nitrogens with zero attached hydrogens (tertiary/aromatic N) is 3. The molecule has 4 rings (SSSR count). The number of hydrogen-bond acceptors (Lipinski definition) is 5. The summed E-state index contributed by atoms with van der Waals surface area (Å²) in [7, 11) is 0. The van der Waals surface area contributed by atoms with Crippen molar-refractivity contribution in [2.75, 3.05) is 13.1 Å². The molecule has 0 atom stereocenters. The Morgan fingerprint density at radius 1 is 1.26 bits per heavy atom. The Hall–Kier alpha value is -2.28. The van der Waals surface area contributed by atoms with Crippen molar-refractivity contribution in [3.63, 3.8) is 0 Å². The molecule has 1 aromatic heterocycles. The lowest BCUT2D eigenvalue weighted by molar-refractivity contribution is 0.0696. The first-order valence-corrected chi connectivity index (χ1v) is 9.65. The molecule has 1 aliphatic carbocycles. The standard InChI is InChI=1S/C20H24FN3O3/c21-17-11-15(20(25)26)4-5-16(17)12-24-8-6-13(7-9-24)10-18-22-19(23-27-18)14-2-1-3-14/h4-5,11,13-14H,1-3,6-10,12H2,(H,25,26). The number of likely N-dealkylation sites (tertiary alicyclic amines) is 1. The molecule has 7 heteroatoms. The van der Waals surface area contributed by atoms with Gasteiger partial charge in [0.05, 0.1) is 5.56 Å². The maximum atomic E-state index is 14.1. The van der Waals surface area contributed by atoms with Crippen LogP contribution in [0.1, 0.15) is 65.7 Å². The average molecular weight is 373 g/mol. The molecule has 1 saturated heterocycles. The second-order valence-corrected chi connectivity index (χ2v) is 7.71. The molecule has 2 aromatic rings. The highest BCUT2D eigenvalue weighted by Gasteiger charge is 2.26. The van der Waals surface area contributed by atoms with Gasteiger partial charge in [0, 0.05) is 24.4 Å². The van der Waals surface area contributed by atoms with Crippen LogP contribution in [0.2, 0.25) is 0 Å². The van der Waals surface area contributed by atoms with Gasteiger partial charge in [0.1, 0.15) is 5.82 Å². The second kappa shape index (κ2) is 7.76. The SMILES string of the molecule is O=C(O)c1ccc(CN2CCC(Cc3nc(C4CCC4)no3)CC2)c(F)c1. The lowest BCUT2D eigenvalue weighted by Gasteiger charge is -2.31. The lowest BCUT2D eigenvalue weighted by atomic mass is 9.85. The fourth-order valence-electron chi connectivity index (χ4n) is 3.83. The Kier molecular flexibility index (Phi) is 5.20. The largest absolute Gasteiger partial charge is 0.478 e. The Balaban J connectivity index is 1.27. The summed E-state index contributed by atoms with van der Waals surface area (Å²) in [6.07, 6.45) is 6.43. The van der Waals surface area contributed by atoms with Crippen LogP contribution in [-0.2, 0) is 13.0 Å². The van der Waals surface area contributed by atoms with Gasteiger partial charge in [-0.15, -0.1) is 0 Å². The lowest BCUT2D eigenvalue weighted by Crippen LogP contribution is -2.34. The van der Waals surface area contributed by atoms with Gasteiger partial charge >= 0.3 is 5.97 Å². The summed E-state index contributed by atoms with van der Waals surface area (Å²) in [4.78, 5) is 17.7. The molecule has 1 N–H and O–H groups in total. The fraction of sp³-hybridized carbons (Fsp3) is 0.550. The Morgan fingerprint density at radius 3 is 2.67 bits per heavy atom. The van der Waals surface area contributed by atoms with Gasteiger partial charge in [0.15, 0.2) is 5.82 Å². The quantitative estimate of drug-likeness (QED) is 0.833. The van der Waals surface area contributed by atoms with E-state index < -0.39 is 11.8 Å². The molecule has 2 heterocycles. The number of piperidine rings is 1. The van der Waals surface area contributed by atoms with Crippen LogP contribution in [0.5, 0.6) is 0 Å². The molecule has 2 aliphatic rings. The second-order valence-electron chi connectivity index (χ2n) is 7.71. The summed E-state index contributed by atoms with van der Waals surface area (Å²) in [6.45, 7) is 2.27. The van der Waals surface area contributed by atoms with Crippen molar-refractivity contribution in [3.8, 4) is 0 Å². The minimum Gasteiger partial charge on any atom is -0.478 e. The summed E-state index contributed by atoms with van der Waals surface area (Å²) < 4.78 is 19.5. The first kappa shape index (κ1) is 18.1. The molecular weight excluding hydrogens is 349 g/mol. The number of benzene rings is 1. The molecule has 0 amide bonds. The number of carboxylic acids is 1. The normalized spacial score (nSPS) is 19.1. The molecule has 6 nitrogen and oxygen atoms in total. The predicted octanol–water partition coefficient (Wildman–Crippen LogP) is 3.63. The zero-order valence-corrected chi connectivity index (χ0v) is 15.2. The van der Waals surface area contributed by atoms with Crippen LogP contribution in [0.25, 0.3) is 0 Å². The molecule has 0 spiro atoms. The molecule has 1 saturated carbocycles. The highest BCUT2D eigenvalue weighted by molar-refractivity contribution is 5.87. The van der Waals surface area contributed by atoms with Crippen LogP contribution < -0.4 is 0 Å². The van der Waals surface area contributed by atoms with E-state index in [9.17, 15) is 9.18 Å². The van der Waals surface area contributed by atoms with Crippen molar-refractivity contribution < 1.29 is 18.8 Å². The van der Waals surface area contributed by atoms with Gasteiger partial charge in [-0.3, -0.25) is 4.90 Å². The summed E-state index contributed by atoms with van der Waals surface area (Å²) in [5.41, 5.74) is 0.524. The van der Waals surface area contributed by atoms with Crippen LogP contribution in [0, 0.1) is 11.7 Å². The summed E-state index contributed by atoms with van der Waals surface area (Å²) in [6, 6.07) is 4.13. The molecule has 144 valence electrons. The van der Waals surface area contributed by atoms with Crippen molar-refractivity contribution in [1.82, 2.24) is 15.0 Å². The van der Waals surface area contributed by atoms with Crippen molar-refractivity contribution in [1.29, 1.82) is 0 Å². The van der Waals surface area contributed by atoms with Crippen molar-refractivity contribution in [3.05, 3.63) is 46.9 Å². The molecule has 2 fully saturated rings. The topological polar surface area (TPSA) is 79.5 Å². The highest BCUT2D eigenvalue weighted by atomic mass is 19.1. The van der Waals surface area contributed by atoms with Gasteiger partial charge in [0.25, 0.3) is 0 Å². The zero-order valence-electron chi connectivity index (χ0n) is 15.2. The number of aromatic carboxylic acids is 1. The molecule has 1 aliphatic heterocycles. The summed E-state index contributed by atoms with van der Waals surface area (Å²) in [5, 5.41) is 13.1. The monoisotopic (exact) mass is 373 g/mol. The minimum absolute atomic E-state index is 0.0178. The Labute approximate surface area is 157 Å². The maximum absolute atomic E-state index is 14.1. The summed E-state index contributed by atoms with van der Waals surface area (Å²) >= 11 is 0. The molecule has 0 unspecified atom stereocenters. The number of halogens is 1. The third-order valence-corrected chi connectivity index (χ3v) is 5.82. The highest BCUT2D eigenvalue weighted by Crippen LogP contribution is 2.34. The molecule has 27 heavy (non-hydrogen) atoms. The Morgan fingerprint density at radius 2 is 2.04 bits per heavy atom. The molecular formula is C20H24FN3O3. The van der Waals surface area contributed by atoms with Gasteiger partial charge < -0.3 is 9.63 Å². The van der Waals surface area contributed by atoms with E-state index in [1.807, 2.05) is 0 Å². The number of hydrogen-bond donors (Lipinski definition) is 1. The molecule has 0 radical (unpaired) electrons. The van der Waals surface area contributed by atoms with E-state index in [-0.39, 0.29) is 5.56 Å². The third-order valence-electron chi connectivity index (χ3n) is 5.82. The van der Waals surface area contributed by atoms with Crippen molar-refractivity contribution in [2.45, 2.75) is 51.0 Å². The van der Waals surface area contributed by atoms with Crippen molar-refractivity contribution in [2.24, 2.45) is 5.92 Å². The predicted molar refractivity (Wildman–Crippen MR) is 96.0 cm³/mol. The van der Waals surface area contributed by atoms with Gasteiger partial charge in [0.2, 0.25) is 5.89 Å². The van der Waals surface area contributed by atoms with Crippen LogP contribution in [0.3, 0.4) is 0 Å². The minimum atomic E-state index is -1.11. The number of aromatic nitrogens is 2. The average Bonchev–Trinajstić information content (AvgIpc) is 3.04. The zero-order chi connectivity index (χ0) is 18.8. The number of rotatable bonds is 6. The van der Waals surface area contributed by atoms with Gasteiger partial charge in [-0.05, 0) is 56.8 Å². The van der Waals surface area contributed by atoms with E-state index in [1.165, 1.54) is 25.3 Å². The third kappa shape index (κ3) is 4.18. The Bertz CT molecular complexity index is 811. The van der Waals surface area contributed by atoms with Crippen LogP contribution >= 0.6 is 0 Å². The maximum Gasteiger partial charge on any atom is 0.335 e. The van der Waals surface area contributed by atoms with Crippen LogP contribution in [-0.4, -0.2) is 39.2 Å². The van der Waals surface area contributed by atoms with Gasteiger partial charge in [-0.2, -0.15) is 4.98 Å². The van der Waals surface area contributed by atoms with E-state index in [1.54, 1.807) is 6.07 Å². The van der Waals surface area contributed by atoms with E-state index in [0.29, 0.717) is 23.9 Å². The summed E-state index contributed by atoms with van der Waals surface area (Å²) in [5.74, 6) is 1.05. The van der Waals surface area contributed by atoms with Gasteiger partial charge in [-0.1, -0.05) is 17.6 Å². The van der Waals surface area contributed by atoms with Crippen LogP contribution in [0.15, 0.2) is 22.7 Å². The fourth-order valence-corrected chi connectivity index (χ4v) is 3.83. The number of carbonyl (C=O) groups is 1. The van der Waals surface area contributed by atoms with E-state index in [2.05, 4.69) is 15.0 Å². The van der Waals surface area contributed by atoms with E-state index >= 15 is 0 Å². The van der Waals surface area contributed by atoms with E-state index in [0.717, 1.165) is 50.1 Å². The smallest absolute Gasteiger partial charge is 0.335 e. The van der Waals surface area contributed by atoms with Gasteiger partial charge in [-0.25, -0.2) is 9.18 Å². The molecule has 0 bridgehead atoms. The first-order chi connectivity index (χ1) is 13.1. The van der Waals surface area contributed by atoms with Crippen LogP contribution in [0.4, 0.5) is 4.39 Å². The van der Waals surface area contributed by atoms with E-state index in [4.69, 9.17) is 9.63 Å². The van der Waals surface area contributed by atoms with Crippen molar-refractivity contribution >= 4 is 5.97 Å².